The first-order valence-corrected chi connectivity index (χ1v) is 18.7. The number of benzene rings is 3. The monoisotopic (exact) mass is 703 g/mol. The highest BCUT2D eigenvalue weighted by Crippen LogP contribution is 2.49. The molecule has 12 heteroatoms. The SMILES string of the molecule is CCOCc1nc2c(N)nc3ccccc3c2n1C(C)(COP(=O)(N[C@H](C(=O)OC(C)(C)C)C(C)C)Oc1ccc2ccccc2c1)C(C)C. The summed E-state index contributed by atoms with van der Waals surface area (Å²) in [6.07, 6.45) is 0. The summed E-state index contributed by atoms with van der Waals surface area (Å²) < 4.78 is 41.5. The van der Waals surface area contributed by atoms with Gasteiger partial charge in [0.15, 0.2) is 5.82 Å². The molecule has 0 fully saturated rings. The molecule has 5 rings (SSSR count). The van der Waals surface area contributed by atoms with Crippen LogP contribution in [0.15, 0.2) is 66.7 Å². The average Bonchev–Trinajstić information content (AvgIpc) is 3.45. The van der Waals surface area contributed by atoms with Crippen molar-refractivity contribution in [2.45, 2.75) is 86.1 Å². The van der Waals surface area contributed by atoms with Crippen molar-refractivity contribution in [1.29, 1.82) is 0 Å². The number of hydrogen-bond donors (Lipinski definition) is 2. The number of nitrogens with two attached hydrogens (primary N) is 1. The van der Waals surface area contributed by atoms with Gasteiger partial charge in [-0.3, -0.25) is 9.32 Å². The van der Waals surface area contributed by atoms with Crippen LogP contribution in [-0.2, 0) is 35.5 Å². The Labute approximate surface area is 294 Å². The number of anilines is 1. The predicted molar refractivity (Wildman–Crippen MR) is 199 cm³/mol. The van der Waals surface area contributed by atoms with E-state index in [1.165, 1.54) is 0 Å². The molecule has 0 saturated carbocycles. The fraction of sp³-hybridized carbons (Fsp3) is 0.447. The predicted octanol–water partition coefficient (Wildman–Crippen LogP) is 8.39. The van der Waals surface area contributed by atoms with E-state index < -0.39 is 30.9 Å². The number of rotatable bonds is 14. The summed E-state index contributed by atoms with van der Waals surface area (Å²) in [4.78, 5) is 23.0. The number of para-hydroxylation sites is 1. The molecule has 5 aromatic rings. The maximum Gasteiger partial charge on any atom is 0.459 e. The van der Waals surface area contributed by atoms with E-state index in [1.54, 1.807) is 32.9 Å². The first-order chi connectivity index (χ1) is 23.5. The van der Waals surface area contributed by atoms with E-state index in [-0.39, 0.29) is 25.0 Å². The van der Waals surface area contributed by atoms with Gasteiger partial charge in [0.1, 0.15) is 35.3 Å². The van der Waals surface area contributed by atoms with Gasteiger partial charge < -0.3 is 24.3 Å². The molecule has 0 spiro atoms. The highest BCUT2D eigenvalue weighted by Gasteiger charge is 2.42. The van der Waals surface area contributed by atoms with E-state index in [2.05, 4.69) is 28.5 Å². The van der Waals surface area contributed by atoms with Gasteiger partial charge in [-0.2, -0.15) is 5.09 Å². The lowest BCUT2D eigenvalue weighted by Gasteiger charge is -2.38. The second kappa shape index (κ2) is 14.7. The van der Waals surface area contributed by atoms with Crippen molar-refractivity contribution >= 4 is 52.2 Å². The van der Waals surface area contributed by atoms with Crippen LogP contribution in [0.1, 0.15) is 68.1 Å². The number of fused-ring (bicyclic) bond motifs is 4. The summed E-state index contributed by atoms with van der Waals surface area (Å²) in [6, 6.07) is 20.0. The third-order valence-corrected chi connectivity index (χ3v) is 10.4. The lowest BCUT2D eigenvalue weighted by Crippen LogP contribution is -2.46. The fourth-order valence-corrected chi connectivity index (χ4v) is 7.60. The first kappa shape index (κ1) is 37.2. The van der Waals surface area contributed by atoms with Crippen molar-refractivity contribution in [3.05, 3.63) is 72.6 Å². The molecule has 2 heterocycles. The zero-order valence-electron chi connectivity index (χ0n) is 30.5. The molecule has 2 unspecified atom stereocenters. The molecule has 0 aliphatic carbocycles. The summed E-state index contributed by atoms with van der Waals surface area (Å²) in [5, 5.41) is 5.75. The van der Waals surface area contributed by atoms with Gasteiger partial charge in [0.25, 0.3) is 0 Å². The van der Waals surface area contributed by atoms with Gasteiger partial charge in [0.05, 0.1) is 23.2 Å². The summed E-state index contributed by atoms with van der Waals surface area (Å²) >= 11 is 0. The Morgan fingerprint density at radius 2 is 1.64 bits per heavy atom. The minimum absolute atomic E-state index is 0.0886. The summed E-state index contributed by atoms with van der Waals surface area (Å²) in [6.45, 7) is 17.7. The third kappa shape index (κ3) is 7.97. The highest BCUT2D eigenvalue weighted by molar-refractivity contribution is 7.52. The number of nitrogens with zero attached hydrogens (tertiary/aromatic N) is 3. The van der Waals surface area contributed by atoms with E-state index in [0.717, 1.165) is 27.2 Å². The molecule has 268 valence electrons. The molecular formula is C38H50N5O6P. The number of pyridine rings is 1. The van der Waals surface area contributed by atoms with E-state index in [0.29, 0.717) is 29.5 Å². The highest BCUT2D eigenvalue weighted by atomic mass is 31.2. The molecule has 3 N–H and O–H groups in total. The number of imidazole rings is 1. The molecule has 0 aliphatic heterocycles. The van der Waals surface area contributed by atoms with E-state index in [9.17, 15) is 4.79 Å². The van der Waals surface area contributed by atoms with Crippen LogP contribution in [0.25, 0.3) is 32.7 Å². The normalized spacial score (nSPS) is 15.4. The standard InChI is InChI=1S/C38H50N5O6P/c1-10-46-22-31-41-33-34(29-17-13-14-18-30(29)40-35(33)39)43(31)38(9,25(4)5)23-47-50(45,42-32(24(2)3)36(44)48-37(6,7)8)49-28-20-19-26-15-11-12-16-27(26)21-28/h11-21,24-25,32H,10,22-23H2,1-9H3,(H2,39,40)(H,42,45)/t32-,38?,50?/m0/s1. The quantitative estimate of drug-likeness (QED) is 0.0856. The fourth-order valence-electron chi connectivity index (χ4n) is 5.86. The molecule has 3 atom stereocenters. The summed E-state index contributed by atoms with van der Waals surface area (Å²) in [5.41, 5.74) is 6.90. The van der Waals surface area contributed by atoms with Gasteiger partial charge in [0, 0.05) is 12.0 Å². The van der Waals surface area contributed by atoms with Crippen LogP contribution in [0.4, 0.5) is 5.82 Å². The number of hydrogen-bond acceptors (Lipinski definition) is 9. The van der Waals surface area contributed by atoms with Crippen molar-refractivity contribution < 1.29 is 27.9 Å². The van der Waals surface area contributed by atoms with Gasteiger partial charge in [-0.1, -0.05) is 76.2 Å². The molecule has 2 aromatic heterocycles. The van der Waals surface area contributed by atoms with Gasteiger partial charge in [-0.25, -0.2) is 14.5 Å². The minimum atomic E-state index is -4.29. The van der Waals surface area contributed by atoms with Gasteiger partial charge in [-0.05, 0) is 75.4 Å². The maximum absolute atomic E-state index is 15.1. The number of carbonyl (C=O) groups is 1. The lowest BCUT2D eigenvalue weighted by atomic mass is 9.88. The molecule has 3 aromatic carbocycles. The average molecular weight is 704 g/mol. The number of nitrogens with one attached hydrogen (secondary N) is 1. The van der Waals surface area contributed by atoms with Crippen molar-refractivity contribution in [1.82, 2.24) is 19.6 Å². The van der Waals surface area contributed by atoms with Gasteiger partial charge in [-0.15, -0.1) is 0 Å². The van der Waals surface area contributed by atoms with E-state index in [1.807, 2.05) is 82.3 Å². The van der Waals surface area contributed by atoms with Crippen LogP contribution in [0.3, 0.4) is 0 Å². The molecule has 0 aliphatic rings. The Morgan fingerprint density at radius 1 is 0.960 bits per heavy atom. The smallest absolute Gasteiger partial charge is 0.459 e. The Morgan fingerprint density at radius 3 is 2.30 bits per heavy atom. The summed E-state index contributed by atoms with van der Waals surface area (Å²) in [7, 11) is -4.29. The molecule has 11 nitrogen and oxygen atoms in total. The second-order valence-corrected chi connectivity index (χ2v) is 16.2. The second-order valence-electron chi connectivity index (χ2n) is 14.5. The van der Waals surface area contributed by atoms with E-state index >= 15 is 4.57 Å². The molecule has 50 heavy (non-hydrogen) atoms. The van der Waals surface area contributed by atoms with Crippen LogP contribution in [0.5, 0.6) is 5.75 Å². The Bertz CT molecular complexity index is 2040. The van der Waals surface area contributed by atoms with Crippen molar-refractivity contribution in [2.24, 2.45) is 11.8 Å². The lowest BCUT2D eigenvalue weighted by molar-refractivity contribution is -0.158. The molecule has 0 amide bonds. The Kier molecular flexibility index (Phi) is 10.9. The molecule has 0 saturated heterocycles. The van der Waals surface area contributed by atoms with Crippen LogP contribution in [0, 0.1) is 11.8 Å². The largest absolute Gasteiger partial charge is 0.459 e. The van der Waals surface area contributed by atoms with Crippen molar-refractivity contribution in [3.8, 4) is 5.75 Å². The molecule has 0 bridgehead atoms. The van der Waals surface area contributed by atoms with Gasteiger partial charge in [0.2, 0.25) is 0 Å². The summed E-state index contributed by atoms with van der Waals surface area (Å²) in [5.74, 6) is 0.293. The number of esters is 1. The number of aromatic nitrogens is 3. The zero-order valence-corrected chi connectivity index (χ0v) is 31.4. The number of nitrogen functional groups attached to an aromatic ring is 1. The molecule has 0 radical (unpaired) electrons. The number of carbonyl (C=O) groups excluding carboxylic acids is 1. The van der Waals surface area contributed by atoms with Crippen LogP contribution in [-0.4, -0.2) is 45.4 Å². The van der Waals surface area contributed by atoms with Crippen molar-refractivity contribution in [2.75, 3.05) is 18.9 Å². The van der Waals surface area contributed by atoms with E-state index in [4.69, 9.17) is 29.2 Å². The minimum Gasteiger partial charge on any atom is -0.459 e. The van der Waals surface area contributed by atoms with Crippen LogP contribution in [0.2, 0.25) is 0 Å². The molecular weight excluding hydrogens is 653 g/mol. The van der Waals surface area contributed by atoms with Crippen LogP contribution < -0.4 is 15.3 Å². The Hall–Kier alpha value is -4.02. The maximum atomic E-state index is 15.1. The van der Waals surface area contributed by atoms with Crippen LogP contribution >= 0.6 is 7.75 Å². The third-order valence-electron chi connectivity index (χ3n) is 8.88. The van der Waals surface area contributed by atoms with Gasteiger partial charge >= 0.3 is 13.7 Å². The first-order valence-electron chi connectivity index (χ1n) is 17.1. The zero-order chi connectivity index (χ0) is 36.4. The number of ether oxygens (including phenoxy) is 2. The topological polar surface area (TPSA) is 140 Å². The Balaban J connectivity index is 1.62. The van der Waals surface area contributed by atoms with Crippen molar-refractivity contribution in [3.63, 3.8) is 0 Å².